The fourth-order valence-corrected chi connectivity index (χ4v) is 4.52. The zero-order valence-corrected chi connectivity index (χ0v) is 36.1. The van der Waals surface area contributed by atoms with Crippen molar-refractivity contribution in [3.63, 3.8) is 0 Å². The predicted octanol–water partition coefficient (Wildman–Crippen LogP) is 1.12. The summed E-state index contributed by atoms with van der Waals surface area (Å²) in [6, 6.07) is -4.56. The third-order valence-electron chi connectivity index (χ3n) is 8.58. The number of rotatable bonds is 32. The molecule has 21 N–H and O–H groups in total. The van der Waals surface area contributed by atoms with Crippen LogP contribution in [0.2, 0.25) is 0 Å². The number of hydrogen-bond donors (Lipinski definition) is 15. The summed E-state index contributed by atoms with van der Waals surface area (Å²) >= 11 is 0. The lowest BCUT2D eigenvalue weighted by Crippen LogP contribution is -2.39. The van der Waals surface area contributed by atoms with Crippen molar-refractivity contribution in [2.45, 2.75) is 192 Å². The topological polar surface area (TPSA) is 415 Å². The Morgan fingerprint density at radius 3 is 1.05 bits per heavy atom. The molecule has 0 spiro atoms. The molecule has 59 heavy (non-hydrogen) atoms. The van der Waals surface area contributed by atoms with Crippen LogP contribution in [0, 0.1) is 0 Å². The smallest absolute Gasteiger partial charge is 0.323 e. The van der Waals surface area contributed by atoms with Gasteiger partial charge in [0.25, 0.3) is 0 Å². The summed E-state index contributed by atoms with van der Waals surface area (Å²) < 4.78 is 0. The van der Waals surface area contributed by atoms with Crippen LogP contribution >= 0.6 is 0 Å². The van der Waals surface area contributed by atoms with E-state index in [1.807, 2.05) is 0 Å². The lowest BCUT2D eigenvalue weighted by molar-refractivity contribution is -0.141. The summed E-state index contributed by atoms with van der Waals surface area (Å²) in [6.07, 6.45) is 21.6. The lowest BCUT2D eigenvalue weighted by Gasteiger charge is -2.14. The van der Waals surface area contributed by atoms with Crippen molar-refractivity contribution in [1.29, 1.82) is 0 Å². The summed E-state index contributed by atoms with van der Waals surface area (Å²) in [5, 5.41) is 69.7. The van der Waals surface area contributed by atoms with Gasteiger partial charge in [-0.2, -0.15) is 0 Å². The summed E-state index contributed by atoms with van der Waals surface area (Å²) in [7, 11) is 0. The van der Waals surface area contributed by atoms with E-state index in [0.29, 0.717) is 25.9 Å². The van der Waals surface area contributed by atoms with E-state index in [1.165, 1.54) is 97.3 Å². The fraction of sp³-hybridized carbons (Fsp3) is 0.872. The van der Waals surface area contributed by atoms with E-state index in [1.54, 1.807) is 0 Å². The Morgan fingerprint density at radius 1 is 0.475 bits per heavy atom. The molecule has 0 bridgehead atoms. The van der Waals surface area contributed by atoms with Crippen LogP contribution in [0.1, 0.15) is 149 Å². The van der Waals surface area contributed by atoms with Crippen LogP contribution in [0.15, 0.2) is 0 Å². The molecule has 0 aromatic heterocycles. The first-order valence-corrected chi connectivity index (χ1v) is 21.0. The highest BCUT2D eigenvalue weighted by Gasteiger charge is 2.17. The van der Waals surface area contributed by atoms with Gasteiger partial charge in [0, 0.05) is 0 Å². The maximum absolute atomic E-state index is 11.2. The van der Waals surface area contributed by atoms with Crippen LogP contribution in [0.25, 0.3) is 0 Å². The number of carboxylic acid groups (broad SMARTS) is 5. The zero-order chi connectivity index (χ0) is 46.6. The zero-order valence-electron chi connectivity index (χ0n) is 36.1. The van der Waals surface area contributed by atoms with Crippen LogP contribution in [-0.4, -0.2) is 139 Å². The van der Waals surface area contributed by atoms with E-state index < -0.39 is 78.9 Å². The number of aliphatic hydroxyl groups excluding tert-OH is 3. The molecule has 0 aliphatic heterocycles. The van der Waals surface area contributed by atoms with Gasteiger partial charge in [-0.1, -0.05) is 103 Å². The Hall–Kier alpha value is -3.05. The molecule has 0 aliphatic carbocycles. The molecule has 0 heterocycles. The number of nitrogens with one attached hydrogen (secondary N) is 1. The van der Waals surface area contributed by atoms with Crippen molar-refractivity contribution in [3.8, 4) is 0 Å². The Labute approximate surface area is 351 Å². The highest BCUT2D eigenvalue weighted by molar-refractivity contribution is 5.74. The first-order chi connectivity index (χ1) is 27.7. The van der Waals surface area contributed by atoms with Gasteiger partial charge in [0.15, 0.2) is 0 Å². The molecule has 0 aromatic rings. The van der Waals surface area contributed by atoms with Gasteiger partial charge in [-0.3, -0.25) is 24.0 Å². The highest BCUT2D eigenvalue weighted by Crippen LogP contribution is 2.13. The van der Waals surface area contributed by atoms with E-state index >= 15 is 0 Å². The molecule has 20 nitrogen and oxygen atoms in total. The van der Waals surface area contributed by atoms with Gasteiger partial charge < -0.3 is 80.6 Å². The molecule has 7 atom stereocenters. The first kappa shape index (κ1) is 65.1. The van der Waals surface area contributed by atoms with Gasteiger partial charge in [0.1, 0.15) is 30.2 Å². The van der Waals surface area contributed by atoms with Crippen LogP contribution in [0.5, 0.6) is 0 Å². The van der Waals surface area contributed by atoms with E-state index in [9.17, 15) is 29.1 Å². The molecule has 0 aromatic carbocycles. The third kappa shape index (κ3) is 52.9. The van der Waals surface area contributed by atoms with Crippen LogP contribution in [0.3, 0.4) is 0 Å². The maximum Gasteiger partial charge on any atom is 0.323 e. The Balaban J connectivity index is -0.000000240. The molecule has 0 saturated heterocycles. The average molecular weight is 860 g/mol. The number of carbonyl (C=O) groups is 5. The minimum atomic E-state index is -1.18. The van der Waals surface area contributed by atoms with Crippen molar-refractivity contribution < 1.29 is 64.8 Å². The number of aliphatic hydroxyl groups is 3. The SMILES string of the molecule is CC(O)C(N)C(=O)O.CC(O)C(N)C(=O)O.CCCCCCCCCCCCCCCCNC(CCCCN)C(=O)O.NC(CO)C(=O)O.NCCCCC(N)C(=O)O. The normalized spacial score (nSPS) is 14.0. The number of aliphatic carboxylic acids is 5. The molecule has 0 saturated carbocycles. The van der Waals surface area contributed by atoms with E-state index in [-0.39, 0.29) is 0 Å². The molecule has 0 fully saturated rings. The molecular weight excluding hydrogens is 774 g/mol. The molecule has 0 aliphatic rings. The summed E-state index contributed by atoms with van der Waals surface area (Å²) in [5.74, 6) is -5.20. The molecule has 0 radical (unpaired) electrons. The summed E-state index contributed by atoms with van der Waals surface area (Å²) in [5.41, 5.74) is 30.5. The summed E-state index contributed by atoms with van der Waals surface area (Å²) in [6.45, 7) is 6.50. The third-order valence-corrected chi connectivity index (χ3v) is 8.58. The molecule has 0 rings (SSSR count). The number of nitrogens with two attached hydrogens (primary N) is 6. The number of hydrogen-bond acceptors (Lipinski definition) is 15. The van der Waals surface area contributed by atoms with E-state index in [4.69, 9.17) is 70.1 Å². The second-order valence-electron chi connectivity index (χ2n) is 14.3. The number of unbranched alkanes of at least 4 members (excludes halogenated alkanes) is 15. The van der Waals surface area contributed by atoms with Gasteiger partial charge in [-0.15, -0.1) is 0 Å². The highest BCUT2D eigenvalue weighted by atomic mass is 16.4. The second-order valence-corrected chi connectivity index (χ2v) is 14.3. The van der Waals surface area contributed by atoms with Crippen molar-refractivity contribution in [3.05, 3.63) is 0 Å². The van der Waals surface area contributed by atoms with Crippen LogP contribution in [0.4, 0.5) is 0 Å². The summed E-state index contributed by atoms with van der Waals surface area (Å²) in [4.78, 5) is 50.7. The Kier molecular flexibility index (Phi) is 52.5. The largest absolute Gasteiger partial charge is 0.480 e. The van der Waals surface area contributed by atoms with Gasteiger partial charge >= 0.3 is 29.8 Å². The van der Waals surface area contributed by atoms with Gasteiger partial charge in [0.05, 0.1) is 18.8 Å². The van der Waals surface area contributed by atoms with Gasteiger partial charge in [-0.05, 0) is 65.6 Å². The van der Waals surface area contributed by atoms with Gasteiger partial charge in [-0.25, -0.2) is 0 Å². The average Bonchev–Trinajstić information content (AvgIpc) is 3.18. The Bertz CT molecular complexity index is 975. The van der Waals surface area contributed by atoms with Gasteiger partial charge in [0.2, 0.25) is 0 Å². The quantitative estimate of drug-likeness (QED) is 0.0421. The van der Waals surface area contributed by atoms with Crippen molar-refractivity contribution in [2.75, 3.05) is 26.2 Å². The monoisotopic (exact) mass is 860 g/mol. The molecular formula is C39H85N7O13. The minimum Gasteiger partial charge on any atom is -0.480 e. The van der Waals surface area contributed by atoms with Crippen molar-refractivity contribution >= 4 is 29.8 Å². The van der Waals surface area contributed by atoms with E-state index in [0.717, 1.165) is 38.6 Å². The van der Waals surface area contributed by atoms with Crippen molar-refractivity contribution in [2.24, 2.45) is 34.4 Å². The molecule has 0 amide bonds. The molecule has 7 unspecified atom stereocenters. The van der Waals surface area contributed by atoms with Crippen molar-refractivity contribution in [1.82, 2.24) is 5.32 Å². The molecule has 354 valence electrons. The van der Waals surface area contributed by atoms with Crippen LogP contribution in [-0.2, 0) is 24.0 Å². The van der Waals surface area contributed by atoms with Crippen LogP contribution < -0.4 is 39.7 Å². The number of carboxylic acids is 5. The second kappa shape index (κ2) is 47.6. The standard InChI is InChI=1S/C22H46N2O2.C6H14N2O2.2C4H9NO3.C3H7NO3/c1-2-3-4-5-6-7-8-9-10-11-12-13-14-17-20-24-21(22(25)26)18-15-16-19-23;7-4-2-1-3-5(8)6(9)10;2*1-2(6)3(5)4(7)8;4-2(1-5)3(6)7/h21,24H,2-20,23H2,1H3,(H,25,26);5H,1-4,7-8H2,(H,9,10);2*2-3,6H,5H2,1H3,(H,7,8);2,5H,1,4H2,(H,6,7). The minimum absolute atomic E-state index is 0.400. The fourth-order valence-electron chi connectivity index (χ4n) is 4.52. The Morgan fingerprint density at radius 2 is 0.814 bits per heavy atom. The van der Waals surface area contributed by atoms with E-state index in [2.05, 4.69) is 12.2 Å². The molecule has 20 heteroatoms. The maximum atomic E-state index is 11.2. The lowest BCUT2D eigenvalue weighted by atomic mass is 10.0. The first-order valence-electron chi connectivity index (χ1n) is 21.0. The predicted molar refractivity (Wildman–Crippen MR) is 228 cm³/mol.